The van der Waals surface area contributed by atoms with Crippen LogP contribution in [0.4, 0.5) is 8.78 Å². The standard InChI is InChI=1S/C20H31F2N3O/c1-2-19(17-9-8-16(21)15-18(17)22)24-11-13-25(14-12-24)20(26)7-5-3-4-6-10-23/h8-9,15,19H,2-7,10-14,23H2,1H3. The fourth-order valence-electron chi connectivity index (χ4n) is 3.66. The SMILES string of the molecule is CCC(c1ccc(F)cc1F)N1CCN(C(=O)CCCCCCN)CC1. The molecule has 0 radical (unpaired) electrons. The second-order valence-corrected chi connectivity index (χ2v) is 6.96. The molecule has 0 spiro atoms. The molecule has 2 rings (SSSR count). The van der Waals surface area contributed by atoms with Crippen molar-refractivity contribution < 1.29 is 13.6 Å². The van der Waals surface area contributed by atoms with Gasteiger partial charge in [-0.15, -0.1) is 0 Å². The van der Waals surface area contributed by atoms with Crippen LogP contribution in [0.3, 0.4) is 0 Å². The molecule has 6 heteroatoms. The van der Waals surface area contributed by atoms with E-state index in [0.29, 0.717) is 44.7 Å². The van der Waals surface area contributed by atoms with Crippen LogP contribution >= 0.6 is 0 Å². The number of rotatable bonds is 9. The largest absolute Gasteiger partial charge is 0.340 e. The Bertz CT molecular complexity index is 574. The van der Waals surface area contributed by atoms with E-state index in [1.807, 2.05) is 11.8 Å². The number of unbranched alkanes of at least 4 members (excludes halogenated alkanes) is 3. The van der Waals surface area contributed by atoms with Crippen molar-refractivity contribution in [1.29, 1.82) is 0 Å². The van der Waals surface area contributed by atoms with E-state index in [1.165, 1.54) is 12.1 Å². The van der Waals surface area contributed by atoms with Gasteiger partial charge in [-0.25, -0.2) is 8.78 Å². The molecule has 1 aliphatic rings. The summed E-state index contributed by atoms with van der Waals surface area (Å²) in [4.78, 5) is 16.4. The molecule has 0 saturated carbocycles. The van der Waals surface area contributed by atoms with Crippen molar-refractivity contribution in [1.82, 2.24) is 9.80 Å². The molecule has 146 valence electrons. The molecule has 1 aromatic carbocycles. The predicted molar refractivity (Wildman–Crippen MR) is 99.7 cm³/mol. The fourth-order valence-corrected chi connectivity index (χ4v) is 3.66. The number of amides is 1. The molecule has 1 atom stereocenters. The van der Waals surface area contributed by atoms with Gasteiger partial charge in [-0.05, 0) is 31.9 Å². The van der Waals surface area contributed by atoms with E-state index in [1.54, 1.807) is 0 Å². The Morgan fingerprint density at radius 2 is 1.81 bits per heavy atom. The number of hydrogen-bond donors (Lipinski definition) is 1. The van der Waals surface area contributed by atoms with E-state index < -0.39 is 11.6 Å². The Kier molecular flexibility index (Phi) is 8.45. The first-order valence-corrected chi connectivity index (χ1v) is 9.73. The number of benzene rings is 1. The lowest BCUT2D eigenvalue weighted by atomic mass is 10.0. The van der Waals surface area contributed by atoms with Crippen LogP contribution in [0.2, 0.25) is 0 Å². The minimum Gasteiger partial charge on any atom is -0.340 e. The van der Waals surface area contributed by atoms with Crippen molar-refractivity contribution in [2.45, 2.75) is 51.5 Å². The van der Waals surface area contributed by atoms with Crippen molar-refractivity contribution in [3.63, 3.8) is 0 Å². The molecular formula is C20H31F2N3O. The van der Waals surface area contributed by atoms with Crippen molar-refractivity contribution in [3.8, 4) is 0 Å². The highest BCUT2D eigenvalue weighted by Crippen LogP contribution is 2.28. The summed E-state index contributed by atoms with van der Waals surface area (Å²) in [6, 6.07) is 3.72. The molecule has 1 amide bonds. The van der Waals surface area contributed by atoms with E-state index in [-0.39, 0.29) is 11.9 Å². The zero-order chi connectivity index (χ0) is 18.9. The molecule has 2 N–H and O–H groups in total. The number of halogens is 2. The van der Waals surface area contributed by atoms with Gasteiger partial charge in [0.05, 0.1) is 0 Å². The second kappa shape index (κ2) is 10.6. The second-order valence-electron chi connectivity index (χ2n) is 6.96. The average Bonchev–Trinajstić information content (AvgIpc) is 2.64. The monoisotopic (exact) mass is 367 g/mol. The maximum Gasteiger partial charge on any atom is 0.222 e. The van der Waals surface area contributed by atoms with E-state index in [0.717, 1.165) is 38.2 Å². The van der Waals surface area contributed by atoms with Crippen LogP contribution in [-0.2, 0) is 4.79 Å². The molecule has 0 aliphatic carbocycles. The van der Waals surface area contributed by atoms with Gasteiger partial charge in [0.25, 0.3) is 0 Å². The number of piperazine rings is 1. The molecule has 1 fully saturated rings. The third kappa shape index (κ3) is 5.74. The van der Waals surface area contributed by atoms with E-state index in [2.05, 4.69) is 4.90 Å². The highest BCUT2D eigenvalue weighted by molar-refractivity contribution is 5.76. The van der Waals surface area contributed by atoms with Gasteiger partial charge in [-0.1, -0.05) is 25.8 Å². The van der Waals surface area contributed by atoms with Crippen LogP contribution in [-0.4, -0.2) is 48.4 Å². The zero-order valence-electron chi connectivity index (χ0n) is 15.7. The lowest BCUT2D eigenvalue weighted by Gasteiger charge is -2.39. The maximum absolute atomic E-state index is 14.1. The summed E-state index contributed by atoms with van der Waals surface area (Å²) < 4.78 is 27.3. The lowest BCUT2D eigenvalue weighted by molar-refractivity contribution is -0.133. The van der Waals surface area contributed by atoms with Gasteiger partial charge in [0.1, 0.15) is 11.6 Å². The first kappa shape index (κ1) is 20.8. The highest BCUT2D eigenvalue weighted by Gasteiger charge is 2.27. The van der Waals surface area contributed by atoms with Crippen molar-refractivity contribution in [3.05, 3.63) is 35.4 Å². The summed E-state index contributed by atoms with van der Waals surface area (Å²) in [5.74, 6) is -0.839. The topological polar surface area (TPSA) is 49.6 Å². The van der Waals surface area contributed by atoms with E-state index in [9.17, 15) is 13.6 Å². The van der Waals surface area contributed by atoms with Crippen LogP contribution < -0.4 is 5.73 Å². The molecule has 0 bridgehead atoms. The minimum absolute atomic E-state index is 0.0795. The Labute approximate surface area is 155 Å². The van der Waals surface area contributed by atoms with Crippen LogP contribution in [0.5, 0.6) is 0 Å². The van der Waals surface area contributed by atoms with Crippen molar-refractivity contribution in [2.24, 2.45) is 5.73 Å². The van der Waals surface area contributed by atoms with Crippen LogP contribution in [0, 0.1) is 11.6 Å². The summed E-state index contributed by atoms with van der Waals surface area (Å²) in [6.07, 6.45) is 5.40. The first-order valence-electron chi connectivity index (χ1n) is 9.73. The van der Waals surface area contributed by atoms with Gasteiger partial charge in [0.15, 0.2) is 0 Å². The third-order valence-corrected chi connectivity index (χ3v) is 5.16. The molecule has 1 aromatic rings. The summed E-state index contributed by atoms with van der Waals surface area (Å²) in [5, 5.41) is 0. The Morgan fingerprint density at radius 3 is 2.42 bits per heavy atom. The zero-order valence-corrected chi connectivity index (χ0v) is 15.7. The predicted octanol–water partition coefficient (Wildman–Crippen LogP) is 3.47. The lowest BCUT2D eigenvalue weighted by Crippen LogP contribution is -2.49. The minimum atomic E-state index is -0.553. The summed E-state index contributed by atoms with van der Waals surface area (Å²) in [7, 11) is 0. The molecule has 0 aromatic heterocycles. The van der Waals surface area contributed by atoms with Crippen molar-refractivity contribution in [2.75, 3.05) is 32.7 Å². The highest BCUT2D eigenvalue weighted by atomic mass is 19.1. The Morgan fingerprint density at radius 1 is 1.12 bits per heavy atom. The number of hydrogen-bond acceptors (Lipinski definition) is 3. The van der Waals surface area contributed by atoms with Crippen LogP contribution in [0.25, 0.3) is 0 Å². The molecule has 4 nitrogen and oxygen atoms in total. The van der Waals surface area contributed by atoms with Gasteiger partial charge in [0, 0.05) is 50.3 Å². The van der Waals surface area contributed by atoms with Gasteiger partial charge in [-0.3, -0.25) is 9.69 Å². The maximum atomic E-state index is 14.1. The van der Waals surface area contributed by atoms with E-state index in [4.69, 9.17) is 5.73 Å². The molecular weight excluding hydrogens is 336 g/mol. The molecule has 1 unspecified atom stereocenters. The van der Waals surface area contributed by atoms with Crippen LogP contribution in [0.15, 0.2) is 18.2 Å². The normalized spacial score (nSPS) is 16.7. The quantitative estimate of drug-likeness (QED) is 0.680. The Balaban J connectivity index is 1.83. The molecule has 1 heterocycles. The van der Waals surface area contributed by atoms with Crippen molar-refractivity contribution >= 4 is 5.91 Å². The number of carbonyl (C=O) groups excluding carboxylic acids is 1. The summed E-state index contributed by atoms with van der Waals surface area (Å²) in [6.45, 7) is 5.49. The molecule has 1 aliphatic heterocycles. The molecule has 1 saturated heterocycles. The van der Waals surface area contributed by atoms with Gasteiger partial charge in [-0.2, -0.15) is 0 Å². The smallest absolute Gasteiger partial charge is 0.222 e. The number of nitrogens with zero attached hydrogens (tertiary/aromatic N) is 2. The number of carbonyl (C=O) groups is 1. The van der Waals surface area contributed by atoms with Gasteiger partial charge >= 0.3 is 0 Å². The average molecular weight is 367 g/mol. The fraction of sp³-hybridized carbons (Fsp3) is 0.650. The van der Waals surface area contributed by atoms with Crippen LogP contribution in [0.1, 0.15) is 57.1 Å². The van der Waals surface area contributed by atoms with Gasteiger partial charge in [0.2, 0.25) is 5.91 Å². The first-order chi connectivity index (χ1) is 12.6. The third-order valence-electron chi connectivity index (χ3n) is 5.16. The van der Waals surface area contributed by atoms with Gasteiger partial charge < -0.3 is 10.6 Å². The molecule has 26 heavy (non-hydrogen) atoms. The summed E-state index contributed by atoms with van der Waals surface area (Å²) >= 11 is 0. The summed E-state index contributed by atoms with van der Waals surface area (Å²) in [5.41, 5.74) is 6.01. The van der Waals surface area contributed by atoms with E-state index >= 15 is 0 Å². The number of nitrogens with two attached hydrogens (primary N) is 1. The Hall–Kier alpha value is -1.53.